The number of carboxylic acid groups (broad SMARTS) is 1. The lowest BCUT2D eigenvalue weighted by molar-refractivity contribution is -0.142. The van der Waals surface area contributed by atoms with E-state index in [1.807, 2.05) is 0 Å². The van der Waals surface area contributed by atoms with Crippen LogP contribution in [0.1, 0.15) is 13.8 Å². The summed E-state index contributed by atoms with van der Waals surface area (Å²) in [5, 5.41) is 15.3. The highest BCUT2D eigenvalue weighted by molar-refractivity contribution is 5.77. The van der Waals surface area contributed by atoms with E-state index in [2.05, 4.69) is 10.2 Å². The first-order valence-electron chi connectivity index (χ1n) is 2.55. The van der Waals surface area contributed by atoms with Gasteiger partial charge in [-0.3, -0.25) is 0 Å². The maximum Gasteiger partial charge on any atom is 0.332 e. The molecule has 0 fully saturated rings. The molecule has 0 atom stereocenters. The Bertz CT molecular complexity index is 140. The molecule has 0 spiro atoms. The summed E-state index contributed by atoms with van der Waals surface area (Å²) in [5.41, 5.74) is -1.07. The van der Waals surface area contributed by atoms with Crippen molar-refractivity contribution in [1.29, 1.82) is 0 Å². The molecule has 0 saturated carbocycles. The molecule has 0 aromatic carbocycles. The van der Waals surface area contributed by atoms with E-state index in [9.17, 15) is 4.79 Å². The summed E-state index contributed by atoms with van der Waals surface area (Å²) in [6.07, 6.45) is 0. The van der Waals surface area contributed by atoms with E-state index in [1.165, 1.54) is 20.9 Å². The molecule has 0 radical (unpaired) electrons. The molecule has 9 heavy (non-hydrogen) atoms. The van der Waals surface area contributed by atoms with Gasteiger partial charge in [0.05, 0.1) is 0 Å². The van der Waals surface area contributed by atoms with E-state index >= 15 is 0 Å². The van der Waals surface area contributed by atoms with Crippen molar-refractivity contribution in [2.75, 3.05) is 7.05 Å². The molecule has 0 heterocycles. The zero-order valence-corrected chi connectivity index (χ0v) is 5.75. The summed E-state index contributed by atoms with van der Waals surface area (Å²) >= 11 is 0. The van der Waals surface area contributed by atoms with Gasteiger partial charge in [0.25, 0.3) is 0 Å². The average Bonchev–Trinajstić information content (AvgIpc) is 1.65. The van der Waals surface area contributed by atoms with Crippen LogP contribution < -0.4 is 0 Å². The maximum absolute atomic E-state index is 10.3. The fourth-order valence-electron chi connectivity index (χ4n) is 0.293. The molecular formula is C5H10N2O2. The Balaban J connectivity index is 4.19. The summed E-state index contributed by atoms with van der Waals surface area (Å²) in [7, 11) is 1.45. The first-order chi connectivity index (χ1) is 4.00. The molecule has 0 aliphatic heterocycles. The Morgan fingerprint density at radius 3 is 2.11 bits per heavy atom. The molecule has 0 unspecified atom stereocenters. The topological polar surface area (TPSA) is 62.0 Å². The number of carboxylic acids is 1. The number of azo groups is 1. The molecule has 0 aromatic rings. The van der Waals surface area contributed by atoms with Crippen molar-refractivity contribution in [3.05, 3.63) is 0 Å². The smallest absolute Gasteiger partial charge is 0.332 e. The molecule has 52 valence electrons. The standard InChI is InChI=1S/C5H10N2O2/c1-5(2,4(8)9)7-6-3/h1-3H3,(H,8,9)/b7-6+. The van der Waals surface area contributed by atoms with Crippen LogP contribution in [0.15, 0.2) is 10.2 Å². The fraction of sp³-hybridized carbons (Fsp3) is 0.800. The molecule has 4 heteroatoms. The Hall–Kier alpha value is -0.930. The third kappa shape index (κ3) is 2.21. The summed E-state index contributed by atoms with van der Waals surface area (Å²) in [6, 6.07) is 0. The van der Waals surface area contributed by atoms with Crippen molar-refractivity contribution >= 4 is 5.97 Å². The van der Waals surface area contributed by atoms with Gasteiger partial charge in [-0.15, -0.1) is 0 Å². The highest BCUT2D eigenvalue weighted by Gasteiger charge is 2.25. The molecule has 4 nitrogen and oxygen atoms in total. The Labute approximate surface area is 53.6 Å². The van der Waals surface area contributed by atoms with Crippen molar-refractivity contribution in [2.45, 2.75) is 19.4 Å². The van der Waals surface area contributed by atoms with Gasteiger partial charge in [-0.25, -0.2) is 4.79 Å². The van der Waals surface area contributed by atoms with E-state index in [-0.39, 0.29) is 0 Å². The van der Waals surface area contributed by atoms with E-state index in [0.717, 1.165) is 0 Å². The van der Waals surface area contributed by atoms with Crippen LogP contribution in [0, 0.1) is 0 Å². The molecule has 0 rings (SSSR count). The van der Waals surface area contributed by atoms with Crippen LogP contribution in [-0.2, 0) is 4.79 Å². The molecule has 0 aromatic heterocycles. The van der Waals surface area contributed by atoms with Gasteiger partial charge < -0.3 is 5.11 Å². The Morgan fingerprint density at radius 1 is 1.56 bits per heavy atom. The maximum atomic E-state index is 10.3. The first kappa shape index (κ1) is 8.07. The molecule has 0 aliphatic rings. The predicted octanol–water partition coefficient (Wildman–Crippen LogP) is 0.932. The SMILES string of the molecule is C/N=N/C(C)(C)C(=O)O. The largest absolute Gasteiger partial charge is 0.479 e. The molecule has 0 saturated heterocycles. The number of rotatable bonds is 2. The quantitative estimate of drug-likeness (QED) is 0.565. The number of carbonyl (C=O) groups is 1. The third-order valence-electron chi connectivity index (χ3n) is 0.873. The van der Waals surface area contributed by atoms with Gasteiger partial charge in [0.15, 0.2) is 5.54 Å². The summed E-state index contributed by atoms with van der Waals surface area (Å²) < 4.78 is 0. The zero-order valence-electron chi connectivity index (χ0n) is 5.75. The molecule has 0 bridgehead atoms. The van der Waals surface area contributed by atoms with Gasteiger partial charge in [-0.05, 0) is 13.8 Å². The van der Waals surface area contributed by atoms with Crippen LogP contribution in [0.3, 0.4) is 0 Å². The minimum absolute atomic E-state index is 0.965. The van der Waals surface area contributed by atoms with Crippen molar-refractivity contribution in [3.63, 3.8) is 0 Å². The van der Waals surface area contributed by atoms with Crippen molar-refractivity contribution in [2.24, 2.45) is 10.2 Å². The molecular weight excluding hydrogens is 120 g/mol. The minimum Gasteiger partial charge on any atom is -0.479 e. The summed E-state index contributed by atoms with van der Waals surface area (Å²) in [6.45, 7) is 2.98. The first-order valence-corrected chi connectivity index (χ1v) is 2.55. The van der Waals surface area contributed by atoms with Crippen LogP contribution in [0.5, 0.6) is 0 Å². The highest BCUT2D eigenvalue weighted by atomic mass is 16.4. The zero-order chi connectivity index (χ0) is 7.49. The second kappa shape index (κ2) is 2.57. The lowest BCUT2D eigenvalue weighted by Gasteiger charge is -2.09. The molecule has 0 aliphatic carbocycles. The van der Waals surface area contributed by atoms with Crippen LogP contribution in [0.2, 0.25) is 0 Å². The van der Waals surface area contributed by atoms with Gasteiger partial charge >= 0.3 is 5.97 Å². The van der Waals surface area contributed by atoms with Crippen molar-refractivity contribution in [3.8, 4) is 0 Å². The second-order valence-corrected chi connectivity index (χ2v) is 2.16. The van der Waals surface area contributed by atoms with Gasteiger partial charge in [0, 0.05) is 7.05 Å². The summed E-state index contributed by atoms with van der Waals surface area (Å²) in [4.78, 5) is 10.3. The van der Waals surface area contributed by atoms with E-state index in [1.54, 1.807) is 0 Å². The number of nitrogens with zero attached hydrogens (tertiary/aromatic N) is 2. The monoisotopic (exact) mass is 130 g/mol. The van der Waals surface area contributed by atoms with Crippen molar-refractivity contribution < 1.29 is 9.90 Å². The van der Waals surface area contributed by atoms with Crippen LogP contribution in [-0.4, -0.2) is 23.7 Å². The average molecular weight is 130 g/mol. The van der Waals surface area contributed by atoms with E-state index < -0.39 is 11.5 Å². The van der Waals surface area contributed by atoms with Crippen LogP contribution in [0.4, 0.5) is 0 Å². The fourth-order valence-corrected chi connectivity index (χ4v) is 0.293. The molecule has 1 N–H and O–H groups in total. The predicted molar refractivity (Wildman–Crippen MR) is 32.5 cm³/mol. The van der Waals surface area contributed by atoms with Crippen molar-refractivity contribution in [1.82, 2.24) is 0 Å². The number of hydrogen-bond acceptors (Lipinski definition) is 3. The van der Waals surface area contributed by atoms with Gasteiger partial charge in [0.2, 0.25) is 0 Å². The lowest BCUT2D eigenvalue weighted by atomic mass is 10.1. The number of aliphatic carboxylic acids is 1. The number of hydrogen-bond donors (Lipinski definition) is 1. The van der Waals surface area contributed by atoms with Crippen LogP contribution >= 0.6 is 0 Å². The Kier molecular flexibility index (Phi) is 2.30. The van der Waals surface area contributed by atoms with Crippen LogP contribution in [0.25, 0.3) is 0 Å². The summed E-state index contributed by atoms with van der Waals surface area (Å²) in [5.74, 6) is -0.965. The van der Waals surface area contributed by atoms with Gasteiger partial charge in [-0.1, -0.05) is 0 Å². The lowest BCUT2D eigenvalue weighted by Crippen LogP contribution is -2.28. The van der Waals surface area contributed by atoms with Gasteiger partial charge in [0.1, 0.15) is 0 Å². The van der Waals surface area contributed by atoms with E-state index in [0.29, 0.717) is 0 Å². The van der Waals surface area contributed by atoms with Gasteiger partial charge in [-0.2, -0.15) is 10.2 Å². The second-order valence-electron chi connectivity index (χ2n) is 2.16. The third-order valence-corrected chi connectivity index (χ3v) is 0.873. The minimum atomic E-state index is -1.07. The Morgan fingerprint density at radius 2 is 2.00 bits per heavy atom. The highest BCUT2D eigenvalue weighted by Crippen LogP contribution is 2.07. The molecule has 0 amide bonds. The normalized spacial score (nSPS) is 12.3. The van der Waals surface area contributed by atoms with E-state index in [4.69, 9.17) is 5.11 Å².